The van der Waals surface area contributed by atoms with E-state index in [0.29, 0.717) is 5.39 Å². The van der Waals surface area contributed by atoms with Crippen LogP contribution in [0.1, 0.15) is 25.7 Å². The van der Waals surface area contributed by atoms with Gasteiger partial charge in [0.1, 0.15) is 0 Å². The Morgan fingerprint density at radius 3 is 2.59 bits per heavy atom. The van der Waals surface area contributed by atoms with E-state index in [2.05, 4.69) is 14.5 Å². The van der Waals surface area contributed by atoms with Crippen molar-refractivity contribution in [3.63, 3.8) is 0 Å². The Morgan fingerprint density at radius 1 is 0.955 bits per heavy atom. The summed E-state index contributed by atoms with van der Waals surface area (Å²) in [7, 11) is 0. The van der Waals surface area contributed by atoms with Crippen LogP contribution >= 0.6 is 0 Å². The van der Waals surface area contributed by atoms with Crippen LogP contribution in [0.2, 0.25) is 0 Å². The number of unbranched alkanes of at least 4 members (excludes halogenated alkanes) is 3. The number of hydrogen-bond donors (Lipinski definition) is 0. The summed E-state index contributed by atoms with van der Waals surface area (Å²) in [5, 5.41) is 0.699. The molecule has 5 nitrogen and oxygen atoms in total. The molecule has 0 aliphatic carbocycles. The molecule has 0 aliphatic heterocycles. The highest BCUT2D eigenvalue weighted by molar-refractivity contribution is 5.76. The summed E-state index contributed by atoms with van der Waals surface area (Å²) >= 11 is 0. The molecule has 0 unspecified atom stereocenters. The van der Waals surface area contributed by atoms with Gasteiger partial charge in [0.05, 0.1) is 23.6 Å². The van der Waals surface area contributed by atoms with Gasteiger partial charge in [0, 0.05) is 25.5 Å². The fourth-order valence-corrected chi connectivity index (χ4v) is 2.61. The molecule has 3 rings (SSSR count). The van der Waals surface area contributed by atoms with Gasteiger partial charge in [0.25, 0.3) is 5.56 Å². The summed E-state index contributed by atoms with van der Waals surface area (Å²) in [5.74, 6) is 0. The van der Waals surface area contributed by atoms with E-state index in [-0.39, 0.29) is 5.56 Å². The molecule has 22 heavy (non-hydrogen) atoms. The molecule has 0 aliphatic rings. The Hall–Kier alpha value is -2.43. The average molecular weight is 296 g/mol. The topological polar surface area (TPSA) is 52.7 Å². The van der Waals surface area contributed by atoms with Crippen LogP contribution in [0.3, 0.4) is 0 Å². The molecule has 0 atom stereocenters. The number of hydrogen-bond acceptors (Lipinski definition) is 3. The summed E-state index contributed by atoms with van der Waals surface area (Å²) < 4.78 is 3.82. The van der Waals surface area contributed by atoms with Crippen molar-refractivity contribution in [3.8, 4) is 0 Å². The van der Waals surface area contributed by atoms with Gasteiger partial charge >= 0.3 is 0 Å². The summed E-state index contributed by atoms with van der Waals surface area (Å²) in [6, 6.07) is 7.49. The van der Waals surface area contributed by atoms with E-state index in [1.165, 1.54) is 0 Å². The van der Waals surface area contributed by atoms with Crippen molar-refractivity contribution in [2.24, 2.45) is 0 Å². The predicted octanol–water partition coefficient (Wildman–Crippen LogP) is 2.85. The largest absolute Gasteiger partial charge is 0.337 e. The van der Waals surface area contributed by atoms with Gasteiger partial charge < -0.3 is 4.57 Å². The Labute approximate surface area is 129 Å². The molecule has 5 heteroatoms. The molecule has 2 aromatic heterocycles. The zero-order valence-electron chi connectivity index (χ0n) is 12.6. The van der Waals surface area contributed by atoms with Crippen LogP contribution in [0.15, 0.2) is 54.1 Å². The molecular weight excluding hydrogens is 276 g/mol. The highest BCUT2D eigenvalue weighted by Gasteiger charge is 2.02. The van der Waals surface area contributed by atoms with Crippen LogP contribution in [0.5, 0.6) is 0 Å². The summed E-state index contributed by atoms with van der Waals surface area (Å²) in [6.45, 7) is 1.75. The number of aryl methyl sites for hydroxylation is 2. The van der Waals surface area contributed by atoms with Gasteiger partial charge in [0.15, 0.2) is 0 Å². The average Bonchev–Trinajstić information content (AvgIpc) is 3.06. The van der Waals surface area contributed by atoms with Gasteiger partial charge in [-0.05, 0) is 25.0 Å². The zero-order valence-corrected chi connectivity index (χ0v) is 12.6. The Bertz CT molecular complexity index is 777. The van der Waals surface area contributed by atoms with Gasteiger partial charge in [-0.2, -0.15) is 0 Å². The smallest absolute Gasteiger partial charge is 0.261 e. The van der Waals surface area contributed by atoms with Crippen LogP contribution < -0.4 is 5.56 Å². The monoisotopic (exact) mass is 296 g/mol. The lowest BCUT2D eigenvalue weighted by atomic mass is 10.2. The molecule has 0 fully saturated rings. The van der Waals surface area contributed by atoms with Crippen molar-refractivity contribution in [2.45, 2.75) is 38.8 Å². The van der Waals surface area contributed by atoms with Crippen LogP contribution in [0.4, 0.5) is 0 Å². The van der Waals surface area contributed by atoms with E-state index < -0.39 is 0 Å². The summed E-state index contributed by atoms with van der Waals surface area (Å²) in [4.78, 5) is 20.7. The van der Waals surface area contributed by atoms with Crippen molar-refractivity contribution in [3.05, 3.63) is 59.7 Å². The molecule has 0 N–H and O–H groups in total. The van der Waals surface area contributed by atoms with Gasteiger partial charge in [0.2, 0.25) is 0 Å². The fourth-order valence-electron chi connectivity index (χ4n) is 2.61. The third kappa shape index (κ3) is 3.42. The molecule has 0 saturated heterocycles. The second-order valence-electron chi connectivity index (χ2n) is 5.47. The molecule has 0 bridgehead atoms. The normalized spacial score (nSPS) is 11.1. The van der Waals surface area contributed by atoms with E-state index in [4.69, 9.17) is 0 Å². The minimum absolute atomic E-state index is 0.0593. The van der Waals surface area contributed by atoms with Crippen LogP contribution in [0.25, 0.3) is 10.9 Å². The van der Waals surface area contributed by atoms with E-state index in [0.717, 1.165) is 44.3 Å². The highest BCUT2D eigenvalue weighted by Crippen LogP contribution is 2.06. The number of benzene rings is 1. The standard InChI is InChI=1S/C17H20N4O/c22-17-15-7-3-4-8-16(15)19-14-21(17)11-6-2-1-5-10-20-12-9-18-13-20/h3-4,7-9,12-14H,1-2,5-6,10-11H2. The van der Waals surface area contributed by atoms with Crippen LogP contribution in [0, 0.1) is 0 Å². The first kappa shape index (κ1) is 14.5. The van der Waals surface area contributed by atoms with Crippen molar-refractivity contribution >= 4 is 10.9 Å². The van der Waals surface area contributed by atoms with E-state index in [9.17, 15) is 4.79 Å². The number of fused-ring (bicyclic) bond motifs is 1. The Kier molecular flexibility index (Phi) is 4.63. The third-order valence-electron chi connectivity index (χ3n) is 3.86. The van der Waals surface area contributed by atoms with Crippen molar-refractivity contribution < 1.29 is 0 Å². The maximum absolute atomic E-state index is 12.3. The predicted molar refractivity (Wildman–Crippen MR) is 86.7 cm³/mol. The number of para-hydroxylation sites is 1. The first-order chi connectivity index (χ1) is 10.8. The van der Waals surface area contributed by atoms with Gasteiger partial charge in [-0.15, -0.1) is 0 Å². The molecule has 0 radical (unpaired) electrons. The minimum Gasteiger partial charge on any atom is -0.337 e. The lowest BCUT2D eigenvalue weighted by molar-refractivity contribution is 0.532. The molecule has 3 aromatic rings. The maximum Gasteiger partial charge on any atom is 0.261 e. The Balaban J connectivity index is 1.47. The highest BCUT2D eigenvalue weighted by atomic mass is 16.1. The summed E-state index contributed by atoms with van der Waals surface area (Å²) in [5.41, 5.74) is 0.827. The maximum atomic E-state index is 12.3. The molecule has 0 spiro atoms. The number of rotatable bonds is 7. The number of imidazole rings is 1. The van der Waals surface area contributed by atoms with Crippen molar-refractivity contribution in [2.75, 3.05) is 0 Å². The van der Waals surface area contributed by atoms with Crippen molar-refractivity contribution in [1.29, 1.82) is 0 Å². The van der Waals surface area contributed by atoms with Crippen LogP contribution in [-0.2, 0) is 13.1 Å². The second kappa shape index (κ2) is 7.02. The zero-order chi connectivity index (χ0) is 15.2. The molecule has 1 aromatic carbocycles. The molecule has 114 valence electrons. The van der Waals surface area contributed by atoms with Crippen molar-refractivity contribution in [1.82, 2.24) is 19.1 Å². The van der Waals surface area contributed by atoms with E-state index in [1.54, 1.807) is 17.1 Å². The molecule has 0 saturated carbocycles. The quantitative estimate of drug-likeness (QED) is 0.630. The third-order valence-corrected chi connectivity index (χ3v) is 3.86. The van der Waals surface area contributed by atoms with E-state index >= 15 is 0 Å². The number of aromatic nitrogens is 4. The Morgan fingerprint density at radius 2 is 1.77 bits per heavy atom. The fraction of sp³-hybridized carbons (Fsp3) is 0.353. The second-order valence-corrected chi connectivity index (χ2v) is 5.47. The number of nitrogens with zero attached hydrogens (tertiary/aromatic N) is 4. The minimum atomic E-state index is 0.0593. The SMILES string of the molecule is O=c1c2ccccc2ncn1CCCCCCn1ccnc1. The first-order valence-corrected chi connectivity index (χ1v) is 7.74. The lowest BCUT2D eigenvalue weighted by Gasteiger charge is -2.06. The lowest BCUT2D eigenvalue weighted by Crippen LogP contribution is -2.20. The van der Waals surface area contributed by atoms with E-state index in [1.807, 2.05) is 36.8 Å². The summed E-state index contributed by atoms with van der Waals surface area (Å²) in [6.07, 6.45) is 11.7. The van der Waals surface area contributed by atoms with Gasteiger partial charge in [-0.25, -0.2) is 9.97 Å². The first-order valence-electron chi connectivity index (χ1n) is 7.74. The molecular formula is C17H20N4O. The van der Waals surface area contributed by atoms with Gasteiger partial charge in [-0.3, -0.25) is 9.36 Å². The molecule has 0 amide bonds. The van der Waals surface area contributed by atoms with Gasteiger partial charge in [-0.1, -0.05) is 25.0 Å². The molecule has 2 heterocycles. The van der Waals surface area contributed by atoms with Crippen LogP contribution in [-0.4, -0.2) is 19.1 Å².